The van der Waals surface area contributed by atoms with Gasteiger partial charge in [0.25, 0.3) is 5.56 Å². The molecule has 0 radical (unpaired) electrons. The van der Waals surface area contributed by atoms with Gasteiger partial charge >= 0.3 is 10.1 Å². The van der Waals surface area contributed by atoms with Crippen LogP contribution in [-0.2, 0) is 35.0 Å². The van der Waals surface area contributed by atoms with Crippen molar-refractivity contribution in [3.05, 3.63) is 116 Å². The summed E-state index contributed by atoms with van der Waals surface area (Å²) in [5.74, 6) is 0.536. The monoisotopic (exact) mass is 657 g/mol. The van der Waals surface area contributed by atoms with Crippen molar-refractivity contribution in [2.24, 2.45) is 20.7 Å². The van der Waals surface area contributed by atoms with Crippen molar-refractivity contribution < 1.29 is 17.3 Å². The summed E-state index contributed by atoms with van der Waals surface area (Å²) < 4.78 is 39.3. The van der Waals surface area contributed by atoms with Gasteiger partial charge in [-0.25, -0.2) is 4.98 Å². The van der Waals surface area contributed by atoms with Crippen LogP contribution in [0.3, 0.4) is 0 Å². The zero-order valence-electron chi connectivity index (χ0n) is 25.6. The molecular weight excluding hydrogens is 627 g/mol. The minimum Gasteiger partial charge on any atom is -0.497 e. The van der Waals surface area contributed by atoms with Gasteiger partial charge in [0, 0.05) is 24.4 Å². The molecule has 6 rings (SSSR count). The van der Waals surface area contributed by atoms with E-state index in [-0.39, 0.29) is 22.5 Å². The maximum Gasteiger partial charge on any atom is 0.340 e. The van der Waals surface area contributed by atoms with Crippen molar-refractivity contribution in [2.45, 2.75) is 56.5 Å². The molecule has 12 nitrogen and oxygen atoms in total. The number of hydrogen-bond acceptors (Lipinski definition) is 12. The first-order chi connectivity index (χ1) is 22.1. The van der Waals surface area contributed by atoms with Crippen molar-refractivity contribution >= 4 is 27.1 Å². The molecule has 0 saturated heterocycles. The molecule has 3 aromatic heterocycles. The van der Waals surface area contributed by atoms with Crippen LogP contribution in [0.15, 0.2) is 103 Å². The molecule has 0 atom stereocenters. The average molecular weight is 658 g/mol. The van der Waals surface area contributed by atoms with E-state index in [0.717, 1.165) is 27.4 Å². The van der Waals surface area contributed by atoms with Crippen molar-refractivity contribution in [1.29, 1.82) is 0 Å². The van der Waals surface area contributed by atoms with Crippen LogP contribution in [0.1, 0.15) is 52.7 Å². The van der Waals surface area contributed by atoms with Gasteiger partial charge in [-0.15, -0.1) is 21.6 Å². The Labute approximate surface area is 269 Å². The highest BCUT2D eigenvalue weighted by Gasteiger charge is 2.44. The maximum atomic E-state index is 14.3. The van der Waals surface area contributed by atoms with Crippen LogP contribution in [0.4, 0.5) is 0 Å². The van der Waals surface area contributed by atoms with Gasteiger partial charge in [0.15, 0.2) is 0 Å². The van der Waals surface area contributed by atoms with E-state index >= 15 is 0 Å². The fourth-order valence-electron chi connectivity index (χ4n) is 5.03. The molecule has 0 fully saturated rings. The molecule has 0 bridgehead atoms. The van der Waals surface area contributed by atoms with Crippen LogP contribution >= 0.6 is 11.3 Å². The van der Waals surface area contributed by atoms with Crippen molar-refractivity contribution in [2.75, 3.05) is 7.11 Å². The second-order valence-electron chi connectivity index (χ2n) is 11.3. The second kappa shape index (κ2) is 12.5. The lowest BCUT2D eigenvalue weighted by Crippen LogP contribution is -2.34. The van der Waals surface area contributed by atoms with E-state index in [9.17, 15) is 13.2 Å². The van der Waals surface area contributed by atoms with E-state index < -0.39 is 27.2 Å². The number of ether oxygens (including phenoxy) is 1. The highest BCUT2D eigenvalue weighted by Crippen LogP contribution is 2.39. The molecule has 0 saturated carbocycles. The second-order valence-corrected chi connectivity index (χ2v) is 13.7. The molecule has 2 aromatic carbocycles. The summed E-state index contributed by atoms with van der Waals surface area (Å²) in [6, 6.07) is 16.8. The predicted molar refractivity (Wildman–Crippen MR) is 172 cm³/mol. The predicted octanol–water partition coefficient (Wildman–Crippen LogP) is 6.37. The fourth-order valence-corrected chi connectivity index (χ4v) is 6.88. The average Bonchev–Trinajstić information content (AvgIpc) is 3.71. The van der Waals surface area contributed by atoms with E-state index in [2.05, 4.69) is 44.9 Å². The van der Waals surface area contributed by atoms with Gasteiger partial charge in [-0.1, -0.05) is 43.7 Å². The first-order valence-corrected chi connectivity index (χ1v) is 16.8. The van der Waals surface area contributed by atoms with E-state index in [4.69, 9.17) is 13.9 Å². The van der Waals surface area contributed by atoms with Gasteiger partial charge in [-0.2, -0.15) is 13.4 Å². The molecule has 236 valence electrons. The van der Waals surface area contributed by atoms with E-state index in [1.54, 1.807) is 67.1 Å². The summed E-state index contributed by atoms with van der Waals surface area (Å²) in [5, 5.41) is 19.0. The van der Waals surface area contributed by atoms with Gasteiger partial charge in [-0.3, -0.25) is 9.20 Å². The topological polar surface area (TPSA) is 149 Å². The molecule has 1 aliphatic heterocycles. The Morgan fingerprint density at radius 3 is 2.30 bits per heavy atom. The van der Waals surface area contributed by atoms with Crippen LogP contribution in [0, 0.1) is 6.92 Å². The third kappa shape index (κ3) is 6.30. The Kier molecular flexibility index (Phi) is 8.49. The lowest BCUT2D eigenvalue weighted by atomic mass is 9.94. The summed E-state index contributed by atoms with van der Waals surface area (Å²) in [5.41, 5.74) is 1.19. The zero-order chi connectivity index (χ0) is 32.5. The Bertz CT molecular complexity index is 2110. The molecule has 0 spiro atoms. The Hall–Kier alpha value is -4.82. The normalized spacial score (nSPS) is 13.9. The highest BCUT2D eigenvalue weighted by molar-refractivity contribution is 7.87. The SMILES string of the molecule is COc1ccc(CC2(c3c(OS(=O)(=O)c4ccc(C)cc4)nc4cc(CCc5nc(C(C)C)cs5)ccn4c3=O)N=NN=N2)cc1. The smallest absolute Gasteiger partial charge is 0.340 e. The van der Waals surface area contributed by atoms with Crippen molar-refractivity contribution in [1.82, 2.24) is 14.4 Å². The van der Waals surface area contributed by atoms with Crippen molar-refractivity contribution in [3.63, 3.8) is 0 Å². The molecule has 14 heteroatoms. The number of hydrogen-bond donors (Lipinski definition) is 0. The van der Waals surface area contributed by atoms with Crippen LogP contribution < -0.4 is 14.5 Å². The van der Waals surface area contributed by atoms with Gasteiger partial charge in [0.2, 0.25) is 11.5 Å². The number of aromatic nitrogens is 3. The standard InChI is InChI=1S/C32H31N7O5S2/c1-20(2)26-19-45-28(33-26)14-9-22-15-16-39-27(17-22)34-30(44-46(41,42)25-12-5-21(3)6-13-25)29(31(39)40)32(35-37-38-36-32)18-23-7-10-24(43-4)11-8-23/h5-8,10-13,15-17,19-20H,9,14,18H2,1-4H3. The van der Waals surface area contributed by atoms with E-state index in [0.29, 0.717) is 24.5 Å². The highest BCUT2D eigenvalue weighted by atomic mass is 32.2. The first-order valence-electron chi connectivity index (χ1n) is 14.5. The van der Waals surface area contributed by atoms with Crippen LogP contribution in [0.25, 0.3) is 5.65 Å². The molecule has 0 N–H and O–H groups in total. The third-order valence-corrected chi connectivity index (χ3v) is 9.77. The number of rotatable bonds is 11. The Morgan fingerprint density at radius 1 is 0.935 bits per heavy atom. The Morgan fingerprint density at radius 2 is 1.65 bits per heavy atom. The van der Waals surface area contributed by atoms with E-state index in [1.807, 2.05) is 13.0 Å². The number of pyridine rings is 1. The van der Waals surface area contributed by atoms with Crippen LogP contribution in [0.5, 0.6) is 11.6 Å². The molecule has 5 aromatic rings. The molecule has 0 unspecified atom stereocenters. The van der Waals surface area contributed by atoms with Gasteiger partial charge < -0.3 is 8.92 Å². The lowest BCUT2D eigenvalue weighted by molar-refractivity contribution is 0.410. The minimum absolute atomic E-state index is 0.0260. The largest absolute Gasteiger partial charge is 0.497 e. The molecule has 1 aliphatic rings. The minimum atomic E-state index is -4.42. The summed E-state index contributed by atoms with van der Waals surface area (Å²) in [6.45, 7) is 6.05. The molecule has 0 amide bonds. The van der Waals surface area contributed by atoms with Crippen molar-refractivity contribution in [3.8, 4) is 11.6 Å². The Balaban J connectivity index is 1.45. The number of thiazole rings is 1. The molecule has 4 heterocycles. The summed E-state index contributed by atoms with van der Waals surface area (Å²) in [4.78, 5) is 23.5. The molecule has 0 aliphatic carbocycles. The summed E-state index contributed by atoms with van der Waals surface area (Å²) in [7, 11) is -2.86. The van der Waals surface area contributed by atoms with Gasteiger partial charge in [0.1, 0.15) is 21.9 Å². The fraction of sp³-hybridized carbons (Fsp3) is 0.281. The van der Waals surface area contributed by atoms with Crippen LogP contribution in [-0.4, -0.2) is 29.9 Å². The zero-order valence-corrected chi connectivity index (χ0v) is 27.2. The van der Waals surface area contributed by atoms with Gasteiger partial charge in [0.05, 0.1) is 17.8 Å². The van der Waals surface area contributed by atoms with Crippen LogP contribution in [0.2, 0.25) is 0 Å². The van der Waals surface area contributed by atoms with Gasteiger partial charge in [-0.05, 0) is 77.2 Å². The molecule has 46 heavy (non-hydrogen) atoms. The summed E-state index contributed by atoms with van der Waals surface area (Å²) in [6.07, 6.45) is 2.97. The number of fused-ring (bicyclic) bond motifs is 1. The number of aryl methyl sites for hydroxylation is 3. The molecular formula is C32H31N7O5S2. The lowest BCUT2D eigenvalue weighted by Gasteiger charge is -2.22. The quantitative estimate of drug-likeness (QED) is 0.150. The number of nitrogens with zero attached hydrogens (tertiary/aromatic N) is 7. The van der Waals surface area contributed by atoms with E-state index in [1.165, 1.54) is 16.5 Å². The number of benzene rings is 2. The summed E-state index contributed by atoms with van der Waals surface area (Å²) >= 11 is 1.61. The first kappa shape index (κ1) is 31.2. The number of methoxy groups -OCH3 is 1. The maximum absolute atomic E-state index is 14.3. The third-order valence-electron chi connectivity index (χ3n) is 7.62.